The molecule has 0 radical (unpaired) electrons. The van der Waals surface area contributed by atoms with E-state index in [1.54, 1.807) is 12.1 Å². The number of anilines is 1. The number of aryl methyl sites for hydroxylation is 1. The Morgan fingerprint density at radius 2 is 2.08 bits per heavy atom. The van der Waals surface area contributed by atoms with Crippen LogP contribution < -0.4 is 15.0 Å². The first-order valence-corrected chi connectivity index (χ1v) is 8.99. The predicted molar refractivity (Wildman–Crippen MR) is 104 cm³/mol. The normalized spacial score (nSPS) is 23.7. The van der Waals surface area contributed by atoms with Gasteiger partial charge in [0, 0.05) is 29.8 Å². The monoisotopic (exact) mass is 369 g/mol. The minimum absolute atomic E-state index is 0.0567. The molecule has 2 bridgehead atoms. The first kappa shape index (κ1) is 16.8. The van der Waals surface area contributed by atoms with Crippen LogP contribution in [0.25, 0.3) is 0 Å². The zero-order valence-corrected chi connectivity index (χ0v) is 15.4. The Kier molecular flexibility index (Phi) is 3.84. The third-order valence-electron chi connectivity index (χ3n) is 5.07. The maximum atomic E-state index is 11.1. The van der Waals surface area contributed by atoms with Gasteiger partial charge in [-0.25, -0.2) is 0 Å². The number of hydrogen-bond acceptors (Lipinski definition) is 4. The van der Waals surface area contributed by atoms with Crippen molar-refractivity contribution in [2.45, 2.75) is 38.5 Å². The largest absolute Gasteiger partial charge is 0.467 e. The van der Waals surface area contributed by atoms with Crippen LogP contribution in [0.5, 0.6) is 5.75 Å². The van der Waals surface area contributed by atoms with Crippen molar-refractivity contribution in [1.29, 1.82) is 0 Å². The second-order valence-corrected chi connectivity index (χ2v) is 7.20. The summed E-state index contributed by atoms with van der Waals surface area (Å²) in [5, 5.41) is 15.0. The van der Waals surface area contributed by atoms with Crippen LogP contribution in [-0.2, 0) is 6.42 Å². The number of hydrogen-bond donors (Lipinski definition) is 1. The first-order valence-electron chi connectivity index (χ1n) is 8.58. The van der Waals surface area contributed by atoms with Crippen LogP contribution in [0.15, 0.2) is 42.5 Å². The van der Waals surface area contributed by atoms with Crippen LogP contribution in [0.4, 0.5) is 11.4 Å². The molecular weight excluding hydrogens is 350 g/mol. The van der Waals surface area contributed by atoms with E-state index in [2.05, 4.69) is 24.4 Å². The number of nitrogens with one attached hydrogen (secondary N) is 1. The summed E-state index contributed by atoms with van der Waals surface area (Å²) in [6, 6.07) is 12.9. The molecule has 1 saturated heterocycles. The molecule has 0 amide bonds. The number of rotatable bonds is 3. The molecule has 1 fully saturated rings. The van der Waals surface area contributed by atoms with Crippen molar-refractivity contribution in [2.75, 3.05) is 4.90 Å². The van der Waals surface area contributed by atoms with Crippen LogP contribution in [0.1, 0.15) is 37.4 Å². The molecule has 134 valence electrons. The van der Waals surface area contributed by atoms with E-state index < -0.39 is 10.6 Å². The second kappa shape index (κ2) is 5.95. The van der Waals surface area contributed by atoms with E-state index >= 15 is 0 Å². The number of nitro groups is 1. The average Bonchev–Trinajstić information content (AvgIpc) is 2.61. The van der Waals surface area contributed by atoms with E-state index in [4.69, 9.17) is 17.0 Å². The van der Waals surface area contributed by atoms with Gasteiger partial charge in [-0.3, -0.25) is 15.0 Å². The van der Waals surface area contributed by atoms with Crippen LogP contribution in [0.3, 0.4) is 0 Å². The third-order valence-corrected chi connectivity index (χ3v) is 5.37. The fourth-order valence-electron chi connectivity index (χ4n) is 3.75. The van der Waals surface area contributed by atoms with E-state index in [-0.39, 0.29) is 11.7 Å². The number of nitro benzene ring substituents is 1. The molecule has 6 nitrogen and oxygen atoms in total. The standard InChI is InChI=1S/C19H19N3O3S/c1-3-12-4-6-13(7-5-12)21-18(26)20-16-11-19(21,2)25-17-9-8-14(22(23)24)10-15(16)17/h4-10,16H,3,11H2,1-2H3,(H,20,26). The van der Waals surface area contributed by atoms with Gasteiger partial charge in [-0.05, 0) is 49.3 Å². The first-order chi connectivity index (χ1) is 12.4. The number of fused-ring (bicyclic) bond motifs is 4. The number of ether oxygens (including phenoxy) is 1. The lowest BCUT2D eigenvalue weighted by Gasteiger charge is -2.52. The number of non-ortho nitro benzene ring substituents is 1. The number of nitrogens with zero attached hydrogens (tertiary/aromatic N) is 2. The topological polar surface area (TPSA) is 67.6 Å². The van der Waals surface area contributed by atoms with Gasteiger partial charge in [0.05, 0.1) is 11.0 Å². The molecule has 7 heteroatoms. The van der Waals surface area contributed by atoms with Crippen molar-refractivity contribution in [3.05, 3.63) is 63.7 Å². The number of thiocarbonyl (C=S) groups is 1. The van der Waals surface area contributed by atoms with Crippen LogP contribution in [0.2, 0.25) is 0 Å². The lowest BCUT2D eigenvalue weighted by molar-refractivity contribution is -0.385. The molecule has 0 aliphatic carbocycles. The molecule has 2 heterocycles. The van der Waals surface area contributed by atoms with Crippen molar-refractivity contribution >= 4 is 28.7 Å². The fraction of sp³-hybridized carbons (Fsp3) is 0.316. The van der Waals surface area contributed by atoms with Gasteiger partial charge < -0.3 is 10.1 Å². The van der Waals surface area contributed by atoms with E-state index in [0.29, 0.717) is 17.3 Å². The highest BCUT2D eigenvalue weighted by Crippen LogP contribution is 2.46. The summed E-state index contributed by atoms with van der Waals surface area (Å²) in [6.07, 6.45) is 1.61. The average molecular weight is 369 g/mol. The second-order valence-electron chi connectivity index (χ2n) is 6.82. The molecule has 2 aromatic rings. The van der Waals surface area contributed by atoms with Gasteiger partial charge in [0.2, 0.25) is 0 Å². The highest BCUT2D eigenvalue weighted by atomic mass is 32.1. The SMILES string of the molecule is CCc1ccc(N2C(=S)NC3CC2(C)Oc2ccc([N+](=O)[O-])cc23)cc1. The van der Waals surface area contributed by atoms with E-state index in [1.807, 2.05) is 24.0 Å². The Hall–Kier alpha value is -2.67. The third kappa shape index (κ3) is 2.59. The smallest absolute Gasteiger partial charge is 0.270 e. The summed E-state index contributed by atoms with van der Waals surface area (Å²) in [6.45, 7) is 4.12. The molecule has 2 aromatic carbocycles. The van der Waals surface area contributed by atoms with Gasteiger partial charge >= 0.3 is 0 Å². The predicted octanol–water partition coefficient (Wildman–Crippen LogP) is 4.09. The summed E-state index contributed by atoms with van der Waals surface area (Å²) < 4.78 is 6.29. The zero-order chi connectivity index (χ0) is 18.5. The zero-order valence-electron chi connectivity index (χ0n) is 14.6. The summed E-state index contributed by atoms with van der Waals surface area (Å²) in [5.74, 6) is 0.652. The summed E-state index contributed by atoms with van der Waals surface area (Å²) in [5.41, 5.74) is 2.41. The van der Waals surface area contributed by atoms with Crippen LogP contribution in [0, 0.1) is 10.1 Å². The molecule has 1 N–H and O–H groups in total. The van der Waals surface area contributed by atoms with Crippen molar-refractivity contribution in [1.82, 2.24) is 5.32 Å². The Labute approximate surface area is 156 Å². The molecule has 2 atom stereocenters. The summed E-state index contributed by atoms with van der Waals surface area (Å²) in [7, 11) is 0. The Morgan fingerprint density at radius 1 is 1.35 bits per heavy atom. The van der Waals surface area contributed by atoms with Gasteiger partial charge in [0.1, 0.15) is 5.75 Å². The fourth-order valence-corrected chi connectivity index (χ4v) is 4.19. The van der Waals surface area contributed by atoms with Gasteiger partial charge in [0.25, 0.3) is 5.69 Å². The van der Waals surface area contributed by atoms with E-state index in [1.165, 1.54) is 11.6 Å². The van der Waals surface area contributed by atoms with Crippen LogP contribution >= 0.6 is 12.2 Å². The molecule has 0 saturated carbocycles. The molecule has 0 spiro atoms. The maximum absolute atomic E-state index is 11.1. The van der Waals surface area contributed by atoms with Gasteiger partial charge in [0.15, 0.2) is 10.8 Å². The van der Waals surface area contributed by atoms with Crippen LogP contribution in [-0.4, -0.2) is 15.8 Å². The minimum Gasteiger partial charge on any atom is -0.467 e. The Morgan fingerprint density at radius 3 is 2.73 bits per heavy atom. The molecule has 26 heavy (non-hydrogen) atoms. The molecule has 2 aliphatic heterocycles. The molecule has 0 aromatic heterocycles. The Bertz CT molecular complexity index is 899. The Balaban J connectivity index is 1.74. The van der Waals surface area contributed by atoms with Crippen molar-refractivity contribution in [3.63, 3.8) is 0 Å². The summed E-state index contributed by atoms with van der Waals surface area (Å²) in [4.78, 5) is 12.7. The van der Waals surface area contributed by atoms with Gasteiger partial charge in [-0.15, -0.1) is 0 Å². The number of benzene rings is 2. The molecule has 4 rings (SSSR count). The molecule has 2 unspecified atom stereocenters. The highest BCUT2D eigenvalue weighted by Gasteiger charge is 2.48. The van der Waals surface area contributed by atoms with Crippen molar-refractivity contribution in [2.24, 2.45) is 0 Å². The lowest BCUT2D eigenvalue weighted by Crippen LogP contribution is -2.65. The van der Waals surface area contributed by atoms with Gasteiger partial charge in [-0.1, -0.05) is 19.1 Å². The van der Waals surface area contributed by atoms with Crippen molar-refractivity contribution < 1.29 is 9.66 Å². The lowest BCUT2D eigenvalue weighted by atomic mass is 9.90. The van der Waals surface area contributed by atoms with E-state index in [9.17, 15) is 10.1 Å². The maximum Gasteiger partial charge on any atom is 0.270 e. The molecular formula is C19H19N3O3S. The van der Waals surface area contributed by atoms with Gasteiger partial charge in [-0.2, -0.15) is 0 Å². The minimum atomic E-state index is -0.649. The quantitative estimate of drug-likeness (QED) is 0.499. The van der Waals surface area contributed by atoms with Crippen molar-refractivity contribution in [3.8, 4) is 5.75 Å². The molecule has 2 aliphatic rings. The van der Waals surface area contributed by atoms with E-state index in [0.717, 1.165) is 17.7 Å². The highest BCUT2D eigenvalue weighted by molar-refractivity contribution is 7.80. The summed E-state index contributed by atoms with van der Waals surface area (Å²) >= 11 is 5.61.